The lowest BCUT2D eigenvalue weighted by Gasteiger charge is -2.26. The highest BCUT2D eigenvalue weighted by atomic mass is 16.6. The molecule has 0 bridgehead atoms. The summed E-state index contributed by atoms with van der Waals surface area (Å²) in [5.41, 5.74) is 2.71. The molecule has 4 rings (SSSR count). The number of hydrogen-bond acceptors (Lipinski definition) is 4. The third-order valence-electron chi connectivity index (χ3n) is 4.98. The van der Waals surface area contributed by atoms with Crippen molar-refractivity contribution in [1.82, 2.24) is 20.0 Å². The fourth-order valence-electron chi connectivity index (χ4n) is 3.20. The molecule has 2 aromatic rings. The number of rotatable bonds is 7. The van der Waals surface area contributed by atoms with Crippen LogP contribution < -0.4 is 5.32 Å². The Balaban J connectivity index is 1.29. The number of ether oxygens (including phenoxy) is 1. The number of hydrogen-bond donors (Lipinski definition) is 1. The van der Waals surface area contributed by atoms with E-state index in [1.807, 2.05) is 35.1 Å². The second-order valence-electron chi connectivity index (χ2n) is 7.18. The van der Waals surface area contributed by atoms with Gasteiger partial charge in [-0.3, -0.25) is 9.48 Å². The van der Waals surface area contributed by atoms with Gasteiger partial charge in [-0.25, -0.2) is 4.79 Å². The van der Waals surface area contributed by atoms with Crippen molar-refractivity contribution in [3.8, 4) is 11.1 Å². The first-order valence-corrected chi connectivity index (χ1v) is 9.52. The van der Waals surface area contributed by atoms with Gasteiger partial charge in [-0.05, 0) is 42.9 Å². The predicted octanol–water partition coefficient (Wildman–Crippen LogP) is 2.53. The minimum Gasteiger partial charge on any atom is -0.449 e. The van der Waals surface area contributed by atoms with E-state index in [0.29, 0.717) is 31.8 Å². The summed E-state index contributed by atoms with van der Waals surface area (Å²) in [5.74, 6) is 0.645. The quantitative estimate of drug-likeness (QED) is 0.815. The van der Waals surface area contributed by atoms with Crippen molar-refractivity contribution in [3.63, 3.8) is 0 Å². The average Bonchev–Trinajstić information content (AvgIpc) is 3.38. The molecule has 0 radical (unpaired) electrons. The molecule has 7 nitrogen and oxygen atoms in total. The number of nitrogens with zero attached hydrogens (tertiary/aromatic N) is 3. The van der Waals surface area contributed by atoms with Crippen molar-refractivity contribution in [3.05, 3.63) is 42.2 Å². The second kappa shape index (κ2) is 7.82. The Morgan fingerprint density at radius 3 is 2.78 bits per heavy atom. The van der Waals surface area contributed by atoms with E-state index in [9.17, 15) is 9.59 Å². The molecule has 7 heteroatoms. The molecular weight excluding hydrogens is 344 g/mol. The van der Waals surface area contributed by atoms with E-state index in [2.05, 4.69) is 16.6 Å². The Morgan fingerprint density at radius 1 is 1.22 bits per heavy atom. The molecule has 1 aliphatic heterocycles. The number of aromatic nitrogens is 2. The topological polar surface area (TPSA) is 76.5 Å². The SMILES string of the molecule is O=C(NCCN1CCCOC1=O)c1ccc(-c2cnn(CC3CC3)c2)cc1. The van der Waals surface area contributed by atoms with Crippen LogP contribution in [-0.2, 0) is 11.3 Å². The Hall–Kier alpha value is -2.83. The van der Waals surface area contributed by atoms with Crippen LogP contribution in [0.15, 0.2) is 36.7 Å². The number of amides is 2. The molecular formula is C20H24N4O3. The van der Waals surface area contributed by atoms with Crippen LogP contribution in [0.5, 0.6) is 0 Å². The third kappa shape index (κ3) is 4.48. The monoisotopic (exact) mass is 368 g/mol. The number of nitrogens with one attached hydrogen (secondary N) is 1. The largest absolute Gasteiger partial charge is 0.449 e. The minimum atomic E-state index is -0.304. The Kier molecular flexibility index (Phi) is 5.09. The fraction of sp³-hybridized carbons (Fsp3) is 0.450. The van der Waals surface area contributed by atoms with Crippen LogP contribution in [0.4, 0.5) is 4.79 Å². The summed E-state index contributed by atoms with van der Waals surface area (Å²) in [4.78, 5) is 25.5. The van der Waals surface area contributed by atoms with Gasteiger partial charge in [0.1, 0.15) is 0 Å². The molecule has 1 aliphatic carbocycles. The molecule has 2 fully saturated rings. The van der Waals surface area contributed by atoms with E-state index >= 15 is 0 Å². The average molecular weight is 368 g/mol. The van der Waals surface area contributed by atoms with E-state index in [-0.39, 0.29) is 12.0 Å². The molecule has 2 aliphatic rings. The lowest BCUT2D eigenvalue weighted by molar-refractivity contribution is 0.0719. The maximum absolute atomic E-state index is 12.3. The first kappa shape index (κ1) is 17.6. The number of benzene rings is 1. The summed E-state index contributed by atoms with van der Waals surface area (Å²) < 4.78 is 6.98. The first-order chi connectivity index (χ1) is 13.2. The van der Waals surface area contributed by atoms with E-state index in [1.54, 1.807) is 4.90 Å². The molecule has 1 saturated carbocycles. The molecule has 142 valence electrons. The zero-order chi connectivity index (χ0) is 18.6. The maximum Gasteiger partial charge on any atom is 0.409 e. The van der Waals surface area contributed by atoms with Crippen LogP contribution in [0.1, 0.15) is 29.6 Å². The Labute approximate surface area is 158 Å². The van der Waals surface area contributed by atoms with Gasteiger partial charge in [-0.1, -0.05) is 12.1 Å². The molecule has 27 heavy (non-hydrogen) atoms. The highest BCUT2D eigenvalue weighted by Crippen LogP contribution is 2.30. The first-order valence-electron chi connectivity index (χ1n) is 9.52. The highest BCUT2D eigenvalue weighted by Gasteiger charge is 2.22. The normalized spacial score (nSPS) is 16.9. The van der Waals surface area contributed by atoms with Crippen molar-refractivity contribution < 1.29 is 14.3 Å². The summed E-state index contributed by atoms with van der Waals surface area (Å²) in [6.07, 6.45) is 7.07. The van der Waals surface area contributed by atoms with Crippen molar-refractivity contribution in [2.24, 2.45) is 5.92 Å². The Morgan fingerprint density at radius 2 is 2.04 bits per heavy atom. The summed E-state index contributed by atoms with van der Waals surface area (Å²) in [7, 11) is 0. The van der Waals surface area contributed by atoms with Gasteiger partial charge in [0.15, 0.2) is 0 Å². The van der Waals surface area contributed by atoms with Gasteiger partial charge in [-0.2, -0.15) is 5.10 Å². The molecule has 1 aromatic carbocycles. The van der Waals surface area contributed by atoms with Crippen LogP contribution in [0, 0.1) is 5.92 Å². The summed E-state index contributed by atoms with van der Waals surface area (Å²) in [5, 5.41) is 7.27. The van der Waals surface area contributed by atoms with Gasteiger partial charge in [0.05, 0.1) is 12.8 Å². The lowest BCUT2D eigenvalue weighted by Crippen LogP contribution is -2.42. The van der Waals surface area contributed by atoms with Crippen LogP contribution >= 0.6 is 0 Å². The van der Waals surface area contributed by atoms with Gasteiger partial charge in [0.25, 0.3) is 5.91 Å². The van der Waals surface area contributed by atoms with Gasteiger partial charge in [-0.15, -0.1) is 0 Å². The summed E-state index contributed by atoms with van der Waals surface area (Å²) in [6.45, 7) is 3.02. The molecule has 2 heterocycles. The molecule has 0 spiro atoms. The van der Waals surface area contributed by atoms with Crippen molar-refractivity contribution in [2.45, 2.75) is 25.8 Å². The van der Waals surface area contributed by atoms with Crippen LogP contribution in [-0.4, -0.2) is 52.9 Å². The summed E-state index contributed by atoms with van der Waals surface area (Å²) in [6, 6.07) is 7.51. The predicted molar refractivity (Wildman–Crippen MR) is 100 cm³/mol. The molecule has 1 N–H and O–H groups in total. The standard InChI is InChI=1S/C20H24N4O3/c25-19(21-8-10-23-9-1-11-27-20(23)26)17-6-4-16(5-7-17)18-12-22-24(14-18)13-15-2-3-15/h4-7,12,14-15H,1-3,8-11,13H2,(H,21,25). The van der Waals surface area contributed by atoms with E-state index in [4.69, 9.17) is 4.74 Å². The number of cyclic esters (lactones) is 1. The number of carbonyl (C=O) groups is 2. The Bertz CT molecular complexity index is 811. The van der Waals surface area contributed by atoms with E-state index in [0.717, 1.165) is 30.0 Å². The van der Waals surface area contributed by atoms with Crippen molar-refractivity contribution >= 4 is 12.0 Å². The molecule has 0 atom stereocenters. The van der Waals surface area contributed by atoms with Gasteiger partial charge in [0, 0.05) is 43.5 Å². The van der Waals surface area contributed by atoms with Crippen LogP contribution in [0.3, 0.4) is 0 Å². The fourth-order valence-corrected chi connectivity index (χ4v) is 3.20. The minimum absolute atomic E-state index is 0.142. The van der Waals surface area contributed by atoms with Crippen LogP contribution in [0.2, 0.25) is 0 Å². The summed E-state index contributed by atoms with van der Waals surface area (Å²) >= 11 is 0. The second-order valence-corrected chi connectivity index (χ2v) is 7.18. The maximum atomic E-state index is 12.3. The molecule has 0 unspecified atom stereocenters. The van der Waals surface area contributed by atoms with Gasteiger partial charge >= 0.3 is 6.09 Å². The van der Waals surface area contributed by atoms with Crippen molar-refractivity contribution in [2.75, 3.05) is 26.2 Å². The van der Waals surface area contributed by atoms with Crippen molar-refractivity contribution in [1.29, 1.82) is 0 Å². The molecule has 2 amide bonds. The third-order valence-corrected chi connectivity index (χ3v) is 4.98. The number of carbonyl (C=O) groups excluding carboxylic acids is 2. The van der Waals surface area contributed by atoms with Crippen LogP contribution in [0.25, 0.3) is 11.1 Å². The van der Waals surface area contributed by atoms with E-state index < -0.39 is 0 Å². The smallest absolute Gasteiger partial charge is 0.409 e. The van der Waals surface area contributed by atoms with E-state index in [1.165, 1.54) is 12.8 Å². The highest BCUT2D eigenvalue weighted by molar-refractivity contribution is 5.94. The van der Waals surface area contributed by atoms with Gasteiger partial charge in [0.2, 0.25) is 0 Å². The lowest BCUT2D eigenvalue weighted by atomic mass is 10.1. The molecule has 1 saturated heterocycles. The molecule has 1 aromatic heterocycles. The zero-order valence-corrected chi connectivity index (χ0v) is 15.3. The van der Waals surface area contributed by atoms with Gasteiger partial charge < -0.3 is 15.0 Å². The zero-order valence-electron chi connectivity index (χ0n) is 15.3.